The molecule has 2 atom stereocenters. The Labute approximate surface area is 91.2 Å². The van der Waals surface area contributed by atoms with Crippen molar-refractivity contribution in [2.75, 3.05) is 32.7 Å². The molecule has 2 heterocycles. The Bertz CT molecular complexity index is 237. The number of hydrogen-bond acceptors (Lipinski definition) is 4. The van der Waals surface area contributed by atoms with E-state index >= 15 is 0 Å². The predicted octanol–water partition coefficient (Wildman–Crippen LogP) is 0.328. The summed E-state index contributed by atoms with van der Waals surface area (Å²) in [6.07, 6.45) is 0.969. The number of hydrogen-bond donors (Lipinski definition) is 0. The van der Waals surface area contributed by atoms with Crippen molar-refractivity contribution in [3.8, 4) is 0 Å². The average Bonchev–Trinajstić information content (AvgIpc) is 2.58. The van der Waals surface area contributed by atoms with Crippen LogP contribution >= 0.6 is 0 Å². The molecule has 2 aliphatic rings. The molecule has 2 saturated heterocycles. The molecule has 0 spiro atoms. The van der Waals surface area contributed by atoms with Crippen molar-refractivity contribution in [2.24, 2.45) is 0 Å². The largest absolute Gasteiger partial charge is 0.461 e. The number of likely N-dealkylation sites (N-methyl/N-ethyl adjacent to an activating group) is 1. The number of carbonyl (C=O) groups excluding carboxylic acids is 1. The van der Waals surface area contributed by atoms with Crippen molar-refractivity contribution in [1.29, 1.82) is 0 Å². The van der Waals surface area contributed by atoms with Crippen LogP contribution in [0.2, 0.25) is 0 Å². The van der Waals surface area contributed by atoms with E-state index in [1.807, 2.05) is 6.92 Å². The maximum Gasteiger partial charge on any atom is 0.323 e. The highest BCUT2D eigenvalue weighted by molar-refractivity contribution is 5.78. The first-order valence-electron chi connectivity index (χ1n) is 5.87. The molecule has 2 fully saturated rings. The van der Waals surface area contributed by atoms with E-state index in [1.54, 1.807) is 0 Å². The summed E-state index contributed by atoms with van der Waals surface area (Å²) in [5, 5.41) is 0. The number of rotatable bonds is 2. The van der Waals surface area contributed by atoms with Crippen LogP contribution in [0.5, 0.6) is 0 Å². The van der Waals surface area contributed by atoms with Crippen molar-refractivity contribution in [2.45, 2.75) is 32.4 Å². The van der Waals surface area contributed by atoms with Gasteiger partial charge in [0.15, 0.2) is 0 Å². The lowest BCUT2D eigenvalue weighted by molar-refractivity contribution is -0.145. The number of cyclic esters (lactones) is 1. The average molecular weight is 212 g/mol. The first-order valence-corrected chi connectivity index (χ1v) is 5.87. The number of piperazine rings is 1. The van der Waals surface area contributed by atoms with Gasteiger partial charge in [-0.3, -0.25) is 9.69 Å². The summed E-state index contributed by atoms with van der Waals surface area (Å²) in [6.45, 7) is 9.42. The second-order valence-electron chi connectivity index (χ2n) is 4.47. The van der Waals surface area contributed by atoms with Gasteiger partial charge in [-0.15, -0.1) is 0 Å². The zero-order chi connectivity index (χ0) is 10.8. The number of carbonyl (C=O) groups is 1. The van der Waals surface area contributed by atoms with Crippen LogP contribution in [0, 0.1) is 0 Å². The SMILES string of the molecule is CCN1CCN(C2CC(C)OC2=O)CC1. The molecule has 4 heteroatoms. The fraction of sp³-hybridized carbons (Fsp3) is 0.909. The Morgan fingerprint density at radius 3 is 2.47 bits per heavy atom. The molecule has 15 heavy (non-hydrogen) atoms. The van der Waals surface area contributed by atoms with Crippen LogP contribution in [-0.2, 0) is 9.53 Å². The summed E-state index contributed by atoms with van der Waals surface area (Å²) < 4.78 is 5.19. The van der Waals surface area contributed by atoms with Gasteiger partial charge in [0.1, 0.15) is 12.1 Å². The molecule has 86 valence electrons. The van der Waals surface area contributed by atoms with E-state index in [-0.39, 0.29) is 18.1 Å². The standard InChI is InChI=1S/C11H20N2O2/c1-3-12-4-6-13(7-5-12)10-8-9(2)15-11(10)14/h9-10H,3-8H2,1-2H3. The fourth-order valence-corrected chi connectivity index (χ4v) is 2.42. The van der Waals surface area contributed by atoms with E-state index < -0.39 is 0 Å². The lowest BCUT2D eigenvalue weighted by Crippen LogP contribution is -2.51. The summed E-state index contributed by atoms with van der Waals surface area (Å²) in [4.78, 5) is 16.3. The molecule has 0 aliphatic carbocycles. The summed E-state index contributed by atoms with van der Waals surface area (Å²) in [7, 11) is 0. The Morgan fingerprint density at radius 2 is 2.00 bits per heavy atom. The van der Waals surface area contributed by atoms with Gasteiger partial charge in [-0.1, -0.05) is 6.92 Å². The second-order valence-corrected chi connectivity index (χ2v) is 4.47. The Hall–Kier alpha value is -0.610. The molecule has 0 aromatic heterocycles. The first-order chi connectivity index (χ1) is 7.20. The van der Waals surface area contributed by atoms with Crippen LogP contribution in [0.4, 0.5) is 0 Å². The normalized spacial score (nSPS) is 34.4. The molecule has 0 radical (unpaired) electrons. The number of esters is 1. The third-order valence-corrected chi connectivity index (χ3v) is 3.44. The molecule has 2 rings (SSSR count). The third-order valence-electron chi connectivity index (χ3n) is 3.44. The van der Waals surface area contributed by atoms with Gasteiger partial charge < -0.3 is 9.64 Å². The van der Waals surface area contributed by atoms with Gasteiger partial charge in [0.2, 0.25) is 0 Å². The zero-order valence-electron chi connectivity index (χ0n) is 9.61. The maximum absolute atomic E-state index is 11.6. The van der Waals surface area contributed by atoms with E-state index in [0.29, 0.717) is 0 Å². The molecule has 0 saturated carbocycles. The van der Waals surface area contributed by atoms with Crippen LogP contribution < -0.4 is 0 Å². The van der Waals surface area contributed by atoms with Crippen LogP contribution in [0.25, 0.3) is 0 Å². The molecule has 0 aromatic carbocycles. The van der Waals surface area contributed by atoms with Gasteiger partial charge in [-0.25, -0.2) is 0 Å². The molecule has 4 nitrogen and oxygen atoms in total. The topological polar surface area (TPSA) is 32.8 Å². The Balaban J connectivity index is 1.88. The zero-order valence-corrected chi connectivity index (χ0v) is 9.61. The fourth-order valence-electron chi connectivity index (χ4n) is 2.42. The van der Waals surface area contributed by atoms with Gasteiger partial charge in [0.25, 0.3) is 0 Å². The lowest BCUT2D eigenvalue weighted by Gasteiger charge is -2.35. The van der Waals surface area contributed by atoms with Crippen LogP contribution in [0.1, 0.15) is 20.3 Å². The molecule has 0 aromatic rings. The molecule has 0 N–H and O–H groups in total. The third kappa shape index (κ3) is 2.32. The molecular formula is C11H20N2O2. The number of nitrogens with zero attached hydrogens (tertiary/aromatic N) is 2. The first kappa shape index (κ1) is 10.9. The van der Waals surface area contributed by atoms with Crippen molar-refractivity contribution in [3.63, 3.8) is 0 Å². The molecule has 2 aliphatic heterocycles. The predicted molar refractivity (Wildman–Crippen MR) is 57.6 cm³/mol. The van der Waals surface area contributed by atoms with Crippen LogP contribution in [-0.4, -0.2) is 60.6 Å². The second kappa shape index (κ2) is 4.49. The summed E-state index contributed by atoms with van der Waals surface area (Å²) >= 11 is 0. The highest BCUT2D eigenvalue weighted by atomic mass is 16.6. The minimum absolute atomic E-state index is 0.0209. The van der Waals surface area contributed by atoms with E-state index in [1.165, 1.54) is 0 Å². The Morgan fingerprint density at radius 1 is 1.33 bits per heavy atom. The summed E-state index contributed by atoms with van der Waals surface area (Å²) in [6, 6.07) is 0.0269. The smallest absolute Gasteiger partial charge is 0.323 e. The molecular weight excluding hydrogens is 192 g/mol. The minimum atomic E-state index is -0.0209. The molecule has 2 unspecified atom stereocenters. The highest BCUT2D eigenvalue weighted by Gasteiger charge is 2.37. The van der Waals surface area contributed by atoms with Gasteiger partial charge in [-0.2, -0.15) is 0 Å². The van der Waals surface area contributed by atoms with Gasteiger partial charge in [0.05, 0.1) is 0 Å². The van der Waals surface area contributed by atoms with Crippen molar-refractivity contribution >= 4 is 5.97 Å². The lowest BCUT2D eigenvalue weighted by atomic mass is 10.1. The highest BCUT2D eigenvalue weighted by Crippen LogP contribution is 2.20. The van der Waals surface area contributed by atoms with Gasteiger partial charge >= 0.3 is 5.97 Å². The molecule has 0 amide bonds. The van der Waals surface area contributed by atoms with E-state index in [4.69, 9.17) is 4.74 Å². The Kier molecular flexibility index (Phi) is 3.26. The molecule has 0 bridgehead atoms. The van der Waals surface area contributed by atoms with Crippen molar-refractivity contribution < 1.29 is 9.53 Å². The van der Waals surface area contributed by atoms with E-state index in [2.05, 4.69) is 16.7 Å². The maximum atomic E-state index is 11.6. The monoisotopic (exact) mass is 212 g/mol. The van der Waals surface area contributed by atoms with Crippen LogP contribution in [0.3, 0.4) is 0 Å². The quantitative estimate of drug-likeness (QED) is 0.617. The van der Waals surface area contributed by atoms with E-state index in [9.17, 15) is 4.79 Å². The van der Waals surface area contributed by atoms with Crippen LogP contribution in [0.15, 0.2) is 0 Å². The van der Waals surface area contributed by atoms with Crippen molar-refractivity contribution in [1.82, 2.24) is 9.80 Å². The van der Waals surface area contributed by atoms with Gasteiger partial charge in [-0.05, 0) is 13.5 Å². The van der Waals surface area contributed by atoms with E-state index in [0.717, 1.165) is 39.1 Å². The summed E-state index contributed by atoms with van der Waals surface area (Å²) in [5.41, 5.74) is 0. The van der Waals surface area contributed by atoms with Crippen molar-refractivity contribution in [3.05, 3.63) is 0 Å². The minimum Gasteiger partial charge on any atom is -0.461 e. The summed E-state index contributed by atoms with van der Waals surface area (Å²) in [5.74, 6) is -0.0209. The number of ether oxygens (including phenoxy) is 1. The van der Waals surface area contributed by atoms with Gasteiger partial charge in [0, 0.05) is 32.6 Å².